The van der Waals surface area contributed by atoms with Gasteiger partial charge in [-0.1, -0.05) is 53.0 Å². The van der Waals surface area contributed by atoms with Crippen LogP contribution in [0.25, 0.3) is 0 Å². The molecule has 3 aromatic carbocycles. The van der Waals surface area contributed by atoms with Crippen molar-refractivity contribution < 1.29 is 22.7 Å². The van der Waals surface area contributed by atoms with Gasteiger partial charge in [-0.15, -0.1) is 0 Å². The third-order valence-electron chi connectivity index (χ3n) is 5.64. The van der Waals surface area contributed by atoms with Gasteiger partial charge in [0.25, 0.3) is 5.91 Å². The van der Waals surface area contributed by atoms with Crippen molar-refractivity contribution in [2.24, 2.45) is 0 Å². The van der Waals surface area contributed by atoms with Gasteiger partial charge in [0.05, 0.1) is 23.7 Å². The lowest BCUT2D eigenvalue weighted by Crippen LogP contribution is -2.45. The first-order valence-corrected chi connectivity index (χ1v) is 13.5. The summed E-state index contributed by atoms with van der Waals surface area (Å²) < 4.78 is 34.1. The lowest BCUT2D eigenvalue weighted by Gasteiger charge is -2.27. The molecule has 0 aromatic heterocycles. The van der Waals surface area contributed by atoms with Crippen molar-refractivity contribution in [2.45, 2.75) is 30.8 Å². The molecule has 0 N–H and O–H groups in total. The maximum atomic E-state index is 13.9. The highest BCUT2D eigenvalue weighted by molar-refractivity contribution is 7.89. The Hall–Kier alpha value is -2.62. The molecule has 36 heavy (non-hydrogen) atoms. The number of ether oxygens (including phenoxy) is 1. The highest BCUT2D eigenvalue weighted by Gasteiger charge is 2.47. The molecule has 1 saturated heterocycles. The Morgan fingerprint density at radius 3 is 2.33 bits per heavy atom. The Balaban J connectivity index is 1.76. The van der Waals surface area contributed by atoms with E-state index in [1.165, 1.54) is 18.2 Å². The van der Waals surface area contributed by atoms with Gasteiger partial charge >= 0.3 is 0 Å². The van der Waals surface area contributed by atoms with E-state index in [0.29, 0.717) is 28.6 Å². The van der Waals surface area contributed by atoms with E-state index >= 15 is 0 Å². The fourth-order valence-corrected chi connectivity index (χ4v) is 6.42. The predicted molar refractivity (Wildman–Crippen MR) is 139 cm³/mol. The number of nitrogens with zero attached hydrogens (tertiary/aromatic N) is 2. The highest BCUT2D eigenvalue weighted by atomic mass is 35.5. The van der Waals surface area contributed by atoms with Crippen LogP contribution >= 0.6 is 34.8 Å². The van der Waals surface area contributed by atoms with Crippen molar-refractivity contribution in [2.75, 3.05) is 11.5 Å². The van der Waals surface area contributed by atoms with Gasteiger partial charge in [0, 0.05) is 16.6 Å². The molecule has 2 amide bonds. The lowest BCUT2D eigenvalue weighted by molar-refractivity contribution is -0.122. The number of benzene rings is 3. The van der Waals surface area contributed by atoms with Crippen molar-refractivity contribution in [1.82, 2.24) is 4.31 Å². The number of sulfonamides is 1. The quantitative estimate of drug-likeness (QED) is 0.332. The number of carbonyl (C=O) groups excluding carboxylic acids is 2. The SMILES string of the molecule is CCOc1ccc(N2C(=O)CC(N(Cc3ccccc3Cl)S(=O)(=O)c3cc(Cl)ccc3Cl)C2=O)cc1. The Kier molecular flexibility index (Phi) is 7.92. The molecule has 3 aromatic rings. The summed E-state index contributed by atoms with van der Waals surface area (Å²) in [5.41, 5.74) is 0.771. The first-order valence-electron chi connectivity index (χ1n) is 10.9. The average Bonchev–Trinajstić information content (AvgIpc) is 3.14. The first-order chi connectivity index (χ1) is 17.1. The summed E-state index contributed by atoms with van der Waals surface area (Å²) in [6, 6.07) is 15.8. The summed E-state index contributed by atoms with van der Waals surface area (Å²) in [6.07, 6.45) is -0.353. The van der Waals surface area contributed by atoms with E-state index in [4.69, 9.17) is 39.5 Å². The minimum absolute atomic E-state index is 0.0660. The molecule has 0 spiro atoms. The Morgan fingerprint density at radius 1 is 0.972 bits per heavy atom. The van der Waals surface area contributed by atoms with Crippen molar-refractivity contribution in [3.8, 4) is 5.75 Å². The standard InChI is InChI=1S/C25H21Cl3N2O5S/c1-2-35-19-10-8-18(9-11-19)30-24(31)14-22(25(30)32)29(15-16-5-3-4-6-20(16)27)36(33,34)23-13-17(26)7-12-21(23)28/h3-13,22H,2,14-15H2,1H3. The molecule has 1 fully saturated rings. The molecular weight excluding hydrogens is 547 g/mol. The van der Waals surface area contributed by atoms with Gasteiger partial charge in [0.15, 0.2) is 0 Å². The zero-order valence-corrected chi connectivity index (χ0v) is 22.1. The van der Waals surface area contributed by atoms with Crippen molar-refractivity contribution >= 4 is 62.3 Å². The number of hydrogen-bond donors (Lipinski definition) is 0. The molecule has 1 aliphatic heterocycles. The molecule has 4 rings (SSSR count). The third-order valence-corrected chi connectivity index (χ3v) is 8.58. The van der Waals surface area contributed by atoms with Crippen LogP contribution in [0.3, 0.4) is 0 Å². The number of imide groups is 1. The van der Waals surface area contributed by atoms with Crippen LogP contribution in [0.2, 0.25) is 15.1 Å². The van der Waals surface area contributed by atoms with E-state index in [2.05, 4.69) is 0 Å². The minimum atomic E-state index is -4.39. The molecular formula is C25H21Cl3N2O5S. The smallest absolute Gasteiger partial charge is 0.252 e. The second-order valence-corrected chi connectivity index (χ2v) is 11.0. The van der Waals surface area contributed by atoms with Gasteiger partial charge < -0.3 is 4.74 Å². The van der Waals surface area contributed by atoms with E-state index in [9.17, 15) is 18.0 Å². The van der Waals surface area contributed by atoms with E-state index < -0.39 is 27.9 Å². The van der Waals surface area contributed by atoms with Gasteiger partial charge in [-0.25, -0.2) is 13.3 Å². The molecule has 0 radical (unpaired) electrons. The molecule has 188 valence electrons. The third kappa shape index (κ3) is 5.23. The number of rotatable bonds is 8. The normalized spacial score (nSPS) is 16.1. The van der Waals surface area contributed by atoms with E-state index in [-0.39, 0.29) is 27.9 Å². The maximum Gasteiger partial charge on any atom is 0.252 e. The topological polar surface area (TPSA) is 84.0 Å². The Labute approximate surface area is 224 Å². The van der Waals surface area contributed by atoms with Crippen molar-refractivity contribution in [3.05, 3.63) is 87.4 Å². The zero-order chi connectivity index (χ0) is 26.0. The van der Waals surface area contributed by atoms with Crippen LogP contribution in [0.4, 0.5) is 5.69 Å². The minimum Gasteiger partial charge on any atom is -0.494 e. The second kappa shape index (κ2) is 10.8. The molecule has 0 saturated carbocycles. The molecule has 1 heterocycles. The summed E-state index contributed by atoms with van der Waals surface area (Å²) in [5, 5.41) is 0.402. The van der Waals surface area contributed by atoms with E-state index in [1.807, 2.05) is 6.92 Å². The highest BCUT2D eigenvalue weighted by Crippen LogP contribution is 2.35. The molecule has 1 aliphatic rings. The maximum absolute atomic E-state index is 13.9. The number of anilines is 1. The van der Waals surface area contributed by atoms with Crippen molar-refractivity contribution in [1.29, 1.82) is 0 Å². The molecule has 11 heteroatoms. The van der Waals surface area contributed by atoms with Gasteiger partial charge in [0.2, 0.25) is 15.9 Å². The predicted octanol–water partition coefficient (Wildman–Crippen LogP) is 5.57. The van der Waals surface area contributed by atoms with Gasteiger partial charge in [-0.2, -0.15) is 4.31 Å². The summed E-state index contributed by atoms with van der Waals surface area (Å²) in [5.74, 6) is -0.640. The lowest BCUT2D eigenvalue weighted by atomic mass is 10.2. The fourth-order valence-electron chi connectivity index (χ4n) is 3.93. The van der Waals surface area contributed by atoms with Gasteiger partial charge in [-0.05, 0) is 61.0 Å². The molecule has 0 aliphatic carbocycles. The molecule has 1 atom stereocenters. The Bertz CT molecular complexity index is 1410. The zero-order valence-electron chi connectivity index (χ0n) is 19.0. The van der Waals surface area contributed by atoms with Crippen molar-refractivity contribution in [3.63, 3.8) is 0 Å². The fraction of sp³-hybridized carbons (Fsp3) is 0.200. The van der Waals surface area contributed by atoms with Crippen LogP contribution < -0.4 is 9.64 Å². The Morgan fingerprint density at radius 2 is 1.67 bits per heavy atom. The number of halogens is 3. The number of carbonyl (C=O) groups is 2. The number of amides is 2. The van der Waals surface area contributed by atoms with Crippen LogP contribution in [0.5, 0.6) is 5.75 Å². The number of hydrogen-bond acceptors (Lipinski definition) is 5. The summed E-state index contributed by atoms with van der Waals surface area (Å²) in [4.78, 5) is 27.2. The van der Waals surface area contributed by atoms with Crippen LogP contribution in [0, 0.1) is 0 Å². The van der Waals surface area contributed by atoms with Crippen LogP contribution in [0.1, 0.15) is 18.9 Å². The van der Waals surface area contributed by atoms with E-state index in [1.54, 1.807) is 48.5 Å². The summed E-state index contributed by atoms with van der Waals surface area (Å²) in [6.45, 7) is 2.04. The molecule has 0 bridgehead atoms. The average molecular weight is 568 g/mol. The van der Waals surface area contributed by atoms with Gasteiger partial charge in [-0.3, -0.25) is 9.59 Å². The summed E-state index contributed by atoms with van der Waals surface area (Å²) >= 11 is 18.6. The van der Waals surface area contributed by atoms with Crippen LogP contribution in [-0.2, 0) is 26.2 Å². The molecule has 7 nitrogen and oxygen atoms in total. The van der Waals surface area contributed by atoms with Crippen LogP contribution in [0.15, 0.2) is 71.6 Å². The van der Waals surface area contributed by atoms with Crippen LogP contribution in [-0.4, -0.2) is 37.2 Å². The largest absolute Gasteiger partial charge is 0.494 e. The summed E-state index contributed by atoms with van der Waals surface area (Å²) in [7, 11) is -4.39. The second-order valence-electron chi connectivity index (χ2n) is 7.93. The van der Waals surface area contributed by atoms with Gasteiger partial charge in [0.1, 0.15) is 16.7 Å². The monoisotopic (exact) mass is 566 g/mol. The first kappa shape index (κ1) is 26.4. The van der Waals surface area contributed by atoms with E-state index in [0.717, 1.165) is 9.21 Å². The molecule has 1 unspecified atom stereocenters.